The highest BCUT2D eigenvalue weighted by atomic mass is 32.2. The zero-order valence-electron chi connectivity index (χ0n) is 10.6. The second-order valence-electron chi connectivity index (χ2n) is 4.09. The van der Waals surface area contributed by atoms with Crippen LogP contribution in [0.3, 0.4) is 0 Å². The molecule has 0 spiro atoms. The van der Waals surface area contributed by atoms with Crippen molar-refractivity contribution >= 4 is 34.3 Å². The van der Waals surface area contributed by atoms with Crippen LogP contribution < -0.4 is 0 Å². The number of esters is 1. The lowest BCUT2D eigenvalue weighted by Crippen LogP contribution is -2.10. The lowest BCUT2D eigenvalue weighted by molar-refractivity contribution is -0.142. The van der Waals surface area contributed by atoms with E-state index in [1.165, 1.54) is 24.3 Å². The number of thioether (sulfide) groups is 1. The van der Waals surface area contributed by atoms with E-state index in [4.69, 9.17) is 0 Å². The third kappa shape index (κ3) is 3.83. The molecule has 2 rings (SSSR count). The minimum atomic E-state index is -0.482. The van der Waals surface area contributed by atoms with Crippen molar-refractivity contribution in [2.24, 2.45) is 0 Å². The fourth-order valence-corrected chi connectivity index (χ4v) is 2.51. The Morgan fingerprint density at radius 1 is 1.11 bits per heavy atom. The Morgan fingerprint density at radius 3 is 2.58 bits per heavy atom. The molecule has 2 aromatic rings. The molecule has 0 bridgehead atoms. The average Bonchev–Trinajstić information content (AvgIpc) is 2.44. The first-order valence-corrected chi connectivity index (χ1v) is 6.88. The van der Waals surface area contributed by atoms with Gasteiger partial charge in [-0.1, -0.05) is 30.3 Å². The van der Waals surface area contributed by atoms with Gasteiger partial charge in [0.05, 0.1) is 12.9 Å². The van der Waals surface area contributed by atoms with Gasteiger partial charge in [0.15, 0.2) is 5.78 Å². The van der Waals surface area contributed by atoms with E-state index in [1.54, 1.807) is 0 Å². The van der Waals surface area contributed by atoms with Gasteiger partial charge in [-0.05, 0) is 22.9 Å². The van der Waals surface area contributed by atoms with E-state index in [0.717, 1.165) is 10.3 Å². The first-order valence-electron chi connectivity index (χ1n) is 5.89. The summed E-state index contributed by atoms with van der Waals surface area (Å²) in [4.78, 5) is 23.5. The van der Waals surface area contributed by atoms with Crippen molar-refractivity contribution in [1.29, 1.82) is 0 Å². The molecule has 98 valence electrons. The maximum absolute atomic E-state index is 11.5. The minimum absolute atomic E-state index is 0.120. The van der Waals surface area contributed by atoms with Crippen LogP contribution in [0, 0.1) is 0 Å². The van der Waals surface area contributed by atoms with E-state index in [-0.39, 0.29) is 18.0 Å². The Balaban J connectivity index is 1.98. The number of ketones is 1. The van der Waals surface area contributed by atoms with E-state index in [9.17, 15) is 9.59 Å². The third-order valence-electron chi connectivity index (χ3n) is 2.69. The van der Waals surface area contributed by atoms with Crippen LogP contribution >= 0.6 is 11.8 Å². The van der Waals surface area contributed by atoms with Crippen molar-refractivity contribution in [3.05, 3.63) is 42.5 Å². The molecule has 3 nitrogen and oxygen atoms in total. The number of benzene rings is 2. The predicted octanol–water partition coefficient (Wildman–Crippen LogP) is 3.06. The molecule has 2 aromatic carbocycles. The molecule has 0 fully saturated rings. The summed E-state index contributed by atoms with van der Waals surface area (Å²) in [5.74, 6) is -0.318. The summed E-state index contributed by atoms with van der Waals surface area (Å²) in [6, 6.07) is 14.1. The maximum atomic E-state index is 11.5. The van der Waals surface area contributed by atoms with Crippen LogP contribution in [0.25, 0.3) is 10.8 Å². The molecule has 0 aliphatic heterocycles. The summed E-state index contributed by atoms with van der Waals surface area (Å²) in [5, 5.41) is 2.32. The molecular formula is C15H14O3S. The number of ether oxygens (including phenoxy) is 1. The number of hydrogen-bond donors (Lipinski definition) is 0. The van der Waals surface area contributed by atoms with E-state index in [1.807, 2.05) is 42.5 Å². The molecule has 0 aliphatic carbocycles. The number of rotatable bonds is 5. The number of Topliss-reactive ketones (excluding diaryl/α,β-unsaturated/α-hetero) is 1. The van der Waals surface area contributed by atoms with Gasteiger partial charge in [-0.15, -0.1) is 11.8 Å². The molecule has 0 saturated heterocycles. The summed E-state index contributed by atoms with van der Waals surface area (Å²) in [5.41, 5.74) is 0. The van der Waals surface area contributed by atoms with Crippen LogP contribution in [0.15, 0.2) is 47.4 Å². The molecule has 0 amide bonds. The van der Waals surface area contributed by atoms with Gasteiger partial charge in [0.2, 0.25) is 0 Å². The number of carbonyl (C=O) groups excluding carboxylic acids is 2. The molecule has 4 heteroatoms. The summed E-state index contributed by atoms with van der Waals surface area (Å²) in [6.07, 6.45) is -0.156. The zero-order valence-corrected chi connectivity index (χ0v) is 11.4. The fourth-order valence-electron chi connectivity index (χ4n) is 1.71. The number of hydrogen-bond acceptors (Lipinski definition) is 4. The predicted molar refractivity (Wildman–Crippen MR) is 76.3 cm³/mol. The summed E-state index contributed by atoms with van der Waals surface area (Å²) in [6.45, 7) is 0. The maximum Gasteiger partial charge on any atom is 0.313 e. The van der Waals surface area contributed by atoms with E-state index in [0.29, 0.717) is 0 Å². The van der Waals surface area contributed by atoms with Crippen molar-refractivity contribution in [1.82, 2.24) is 0 Å². The zero-order chi connectivity index (χ0) is 13.7. The molecule has 0 N–H and O–H groups in total. The van der Waals surface area contributed by atoms with Gasteiger partial charge in [0, 0.05) is 4.90 Å². The molecule has 19 heavy (non-hydrogen) atoms. The number of carbonyl (C=O) groups is 2. The van der Waals surface area contributed by atoms with E-state index >= 15 is 0 Å². The Morgan fingerprint density at radius 2 is 1.84 bits per heavy atom. The molecular weight excluding hydrogens is 260 g/mol. The number of methoxy groups -OCH3 is 1. The van der Waals surface area contributed by atoms with Crippen LogP contribution in [0.1, 0.15) is 6.42 Å². The van der Waals surface area contributed by atoms with Crippen molar-refractivity contribution in [3.8, 4) is 0 Å². The molecule has 0 aliphatic rings. The highest BCUT2D eigenvalue weighted by Gasteiger charge is 2.09. The monoisotopic (exact) mass is 274 g/mol. The number of fused-ring (bicyclic) bond motifs is 1. The second-order valence-corrected chi connectivity index (χ2v) is 5.14. The Hall–Kier alpha value is -1.81. The Bertz CT molecular complexity index is 607. The average molecular weight is 274 g/mol. The SMILES string of the molecule is COC(=O)CC(=O)CSc1ccc2ccccc2c1. The van der Waals surface area contributed by atoms with Crippen molar-refractivity contribution in [3.63, 3.8) is 0 Å². The van der Waals surface area contributed by atoms with Gasteiger partial charge in [-0.2, -0.15) is 0 Å². The molecule has 0 heterocycles. The largest absolute Gasteiger partial charge is 0.469 e. The van der Waals surface area contributed by atoms with Gasteiger partial charge in [0.25, 0.3) is 0 Å². The molecule has 0 unspecified atom stereocenters. The lowest BCUT2D eigenvalue weighted by atomic mass is 10.1. The van der Waals surface area contributed by atoms with Crippen LogP contribution in [0.2, 0.25) is 0 Å². The molecule has 0 saturated carbocycles. The normalized spacial score (nSPS) is 10.4. The van der Waals surface area contributed by atoms with Gasteiger partial charge in [0.1, 0.15) is 6.42 Å². The van der Waals surface area contributed by atoms with Crippen molar-refractivity contribution in [2.45, 2.75) is 11.3 Å². The topological polar surface area (TPSA) is 43.4 Å². The molecule has 0 aromatic heterocycles. The van der Waals surface area contributed by atoms with Gasteiger partial charge >= 0.3 is 5.97 Å². The van der Waals surface area contributed by atoms with Gasteiger partial charge in [-0.25, -0.2) is 0 Å². The van der Waals surface area contributed by atoms with Crippen molar-refractivity contribution in [2.75, 3.05) is 12.9 Å². The van der Waals surface area contributed by atoms with Crippen LogP contribution in [-0.2, 0) is 14.3 Å². The van der Waals surface area contributed by atoms with Gasteiger partial charge < -0.3 is 4.74 Å². The van der Waals surface area contributed by atoms with E-state index in [2.05, 4.69) is 4.74 Å². The quantitative estimate of drug-likeness (QED) is 0.477. The van der Waals surface area contributed by atoms with Gasteiger partial charge in [-0.3, -0.25) is 9.59 Å². The van der Waals surface area contributed by atoms with E-state index < -0.39 is 5.97 Å². The fraction of sp³-hybridized carbons (Fsp3) is 0.200. The standard InChI is InChI=1S/C15H14O3S/c1-18-15(17)9-13(16)10-19-14-7-6-11-4-2-3-5-12(11)8-14/h2-8H,9-10H2,1H3. The van der Waals surface area contributed by atoms with Crippen LogP contribution in [0.5, 0.6) is 0 Å². The lowest BCUT2D eigenvalue weighted by Gasteiger charge is -2.03. The van der Waals surface area contributed by atoms with Crippen molar-refractivity contribution < 1.29 is 14.3 Å². The Kier molecular flexibility index (Phi) is 4.58. The smallest absolute Gasteiger partial charge is 0.313 e. The van der Waals surface area contributed by atoms with Crippen LogP contribution in [-0.4, -0.2) is 24.6 Å². The second kappa shape index (κ2) is 6.38. The molecule has 0 radical (unpaired) electrons. The molecule has 0 atom stereocenters. The minimum Gasteiger partial charge on any atom is -0.469 e. The summed E-state index contributed by atoms with van der Waals surface area (Å²) >= 11 is 1.44. The third-order valence-corrected chi connectivity index (χ3v) is 3.74. The summed E-state index contributed by atoms with van der Waals surface area (Å²) < 4.78 is 4.46. The summed E-state index contributed by atoms with van der Waals surface area (Å²) in [7, 11) is 1.28. The first-order chi connectivity index (χ1) is 9.19. The highest BCUT2D eigenvalue weighted by Crippen LogP contribution is 2.23. The van der Waals surface area contributed by atoms with Crippen LogP contribution in [0.4, 0.5) is 0 Å². The highest BCUT2D eigenvalue weighted by molar-refractivity contribution is 8.00. The Labute approximate surface area is 115 Å². The first kappa shape index (κ1) is 13.6.